The summed E-state index contributed by atoms with van der Waals surface area (Å²) in [6.45, 7) is 1.74. The van der Waals surface area contributed by atoms with E-state index in [0.29, 0.717) is 22.1 Å². The Morgan fingerprint density at radius 3 is 2.80 bits per heavy atom. The summed E-state index contributed by atoms with van der Waals surface area (Å²) in [5.74, 6) is 0.382. The largest absolute Gasteiger partial charge is 0.508 e. The molecule has 0 fully saturated rings. The van der Waals surface area contributed by atoms with Gasteiger partial charge in [0, 0.05) is 17.3 Å². The molecule has 0 aliphatic rings. The van der Waals surface area contributed by atoms with Crippen LogP contribution in [0.2, 0.25) is 0 Å². The van der Waals surface area contributed by atoms with Crippen molar-refractivity contribution in [1.82, 2.24) is 0 Å². The van der Waals surface area contributed by atoms with Gasteiger partial charge in [0.25, 0.3) is 0 Å². The molecule has 0 atom stereocenters. The Morgan fingerprint density at radius 1 is 1.40 bits per heavy atom. The zero-order valence-corrected chi connectivity index (χ0v) is 8.84. The average molecular weight is 225 g/mol. The molecule has 0 amide bonds. The monoisotopic (exact) mass is 224 g/mol. The maximum atomic E-state index is 11.2. The molecule has 1 heterocycles. The van der Waals surface area contributed by atoms with Crippen LogP contribution in [0.4, 0.5) is 0 Å². The summed E-state index contributed by atoms with van der Waals surface area (Å²) in [6.07, 6.45) is 0. The standard InChI is InChI=1S/C11H9ClO3/c1-6-2-10-8(4-9(6)13)7(5-12)3-11(14)15-10/h2-4,13H,5H2,1H3. The van der Waals surface area contributed by atoms with Gasteiger partial charge in [-0.3, -0.25) is 0 Å². The maximum absolute atomic E-state index is 11.2. The molecule has 2 aromatic rings. The molecule has 3 nitrogen and oxygen atoms in total. The summed E-state index contributed by atoms with van der Waals surface area (Å²) >= 11 is 5.71. The van der Waals surface area contributed by atoms with Crippen LogP contribution < -0.4 is 5.63 Å². The quantitative estimate of drug-likeness (QED) is 0.598. The van der Waals surface area contributed by atoms with Crippen LogP contribution in [0.25, 0.3) is 11.0 Å². The third-order valence-corrected chi connectivity index (χ3v) is 2.58. The van der Waals surface area contributed by atoms with E-state index in [9.17, 15) is 9.90 Å². The number of hydrogen-bond acceptors (Lipinski definition) is 3. The molecule has 0 radical (unpaired) electrons. The van der Waals surface area contributed by atoms with E-state index >= 15 is 0 Å². The molecule has 1 aromatic carbocycles. The van der Waals surface area contributed by atoms with Crippen molar-refractivity contribution < 1.29 is 9.52 Å². The van der Waals surface area contributed by atoms with E-state index in [1.807, 2.05) is 0 Å². The summed E-state index contributed by atoms with van der Waals surface area (Å²) in [4.78, 5) is 11.2. The van der Waals surface area contributed by atoms with Crippen LogP contribution in [-0.2, 0) is 5.88 Å². The molecule has 0 aliphatic carbocycles. The Morgan fingerprint density at radius 2 is 2.13 bits per heavy atom. The van der Waals surface area contributed by atoms with Gasteiger partial charge in [0.1, 0.15) is 11.3 Å². The van der Waals surface area contributed by atoms with Crippen LogP contribution >= 0.6 is 11.6 Å². The van der Waals surface area contributed by atoms with Gasteiger partial charge in [0.15, 0.2) is 0 Å². The summed E-state index contributed by atoms with van der Waals surface area (Å²) < 4.78 is 5.01. The molecule has 0 unspecified atom stereocenters. The summed E-state index contributed by atoms with van der Waals surface area (Å²) in [6, 6.07) is 4.53. The number of phenols is 1. The van der Waals surface area contributed by atoms with E-state index in [2.05, 4.69) is 0 Å². The molecule has 1 aromatic heterocycles. The van der Waals surface area contributed by atoms with Gasteiger partial charge in [-0.1, -0.05) is 0 Å². The topological polar surface area (TPSA) is 50.4 Å². The fourth-order valence-electron chi connectivity index (χ4n) is 1.47. The smallest absolute Gasteiger partial charge is 0.336 e. The fraction of sp³-hybridized carbons (Fsp3) is 0.182. The van der Waals surface area contributed by atoms with Gasteiger partial charge >= 0.3 is 5.63 Å². The van der Waals surface area contributed by atoms with Crippen LogP contribution in [-0.4, -0.2) is 5.11 Å². The highest BCUT2D eigenvalue weighted by Crippen LogP contribution is 2.26. The molecule has 78 valence electrons. The lowest BCUT2D eigenvalue weighted by Crippen LogP contribution is -1.99. The molecule has 0 saturated heterocycles. The number of aryl methyl sites for hydroxylation is 1. The third-order valence-electron chi connectivity index (χ3n) is 2.29. The second-order valence-electron chi connectivity index (χ2n) is 3.36. The number of fused-ring (bicyclic) bond motifs is 1. The van der Waals surface area contributed by atoms with Crippen LogP contribution in [0.1, 0.15) is 11.1 Å². The van der Waals surface area contributed by atoms with Gasteiger partial charge in [-0.25, -0.2) is 4.79 Å². The number of phenolic OH excluding ortho intramolecular Hbond substituents is 1. The number of benzene rings is 1. The van der Waals surface area contributed by atoms with Gasteiger partial charge in [-0.2, -0.15) is 0 Å². The molecule has 0 bridgehead atoms. The van der Waals surface area contributed by atoms with Crippen molar-refractivity contribution in [3.63, 3.8) is 0 Å². The summed E-state index contributed by atoms with van der Waals surface area (Å²) in [5.41, 5.74) is 1.35. The average Bonchev–Trinajstić information content (AvgIpc) is 2.19. The second-order valence-corrected chi connectivity index (χ2v) is 3.63. The van der Waals surface area contributed by atoms with Crippen LogP contribution in [0.3, 0.4) is 0 Å². The van der Waals surface area contributed by atoms with Crippen molar-refractivity contribution in [1.29, 1.82) is 0 Å². The zero-order chi connectivity index (χ0) is 11.0. The van der Waals surface area contributed by atoms with Crippen LogP contribution in [0.15, 0.2) is 27.4 Å². The molecular weight excluding hydrogens is 216 g/mol. The van der Waals surface area contributed by atoms with E-state index < -0.39 is 5.63 Å². The minimum absolute atomic E-state index is 0.169. The molecule has 0 aliphatic heterocycles. The molecule has 0 spiro atoms. The van der Waals surface area contributed by atoms with Gasteiger partial charge in [0.2, 0.25) is 0 Å². The molecule has 2 rings (SSSR count). The molecule has 4 heteroatoms. The van der Waals surface area contributed by atoms with Gasteiger partial charge in [-0.05, 0) is 30.2 Å². The predicted molar refractivity (Wildman–Crippen MR) is 58.4 cm³/mol. The first-order chi connectivity index (χ1) is 7.11. The van der Waals surface area contributed by atoms with Gasteiger partial charge < -0.3 is 9.52 Å². The van der Waals surface area contributed by atoms with Crippen molar-refractivity contribution in [2.75, 3.05) is 0 Å². The lowest BCUT2D eigenvalue weighted by molar-refractivity contribution is 0.471. The Kier molecular flexibility index (Phi) is 2.40. The van der Waals surface area contributed by atoms with E-state index in [0.717, 1.165) is 0 Å². The Labute approximate surface area is 90.9 Å². The number of aromatic hydroxyl groups is 1. The van der Waals surface area contributed by atoms with Gasteiger partial charge in [0.05, 0.1) is 0 Å². The Balaban J connectivity index is 2.90. The Bertz CT molecular complexity index is 572. The lowest BCUT2D eigenvalue weighted by Gasteiger charge is -2.04. The number of alkyl halides is 1. The minimum Gasteiger partial charge on any atom is -0.508 e. The number of halogens is 1. The zero-order valence-electron chi connectivity index (χ0n) is 8.08. The highest BCUT2D eigenvalue weighted by atomic mass is 35.5. The molecule has 0 saturated carbocycles. The highest BCUT2D eigenvalue weighted by molar-refractivity contribution is 6.17. The Hall–Kier alpha value is -1.48. The van der Waals surface area contributed by atoms with Crippen molar-refractivity contribution in [2.45, 2.75) is 12.8 Å². The van der Waals surface area contributed by atoms with E-state index in [4.69, 9.17) is 16.0 Å². The molecular formula is C11H9ClO3. The van der Waals surface area contributed by atoms with Gasteiger partial charge in [-0.15, -0.1) is 11.6 Å². The maximum Gasteiger partial charge on any atom is 0.336 e. The molecule has 15 heavy (non-hydrogen) atoms. The van der Waals surface area contributed by atoms with Crippen molar-refractivity contribution in [3.8, 4) is 5.75 Å². The van der Waals surface area contributed by atoms with E-state index in [-0.39, 0.29) is 11.6 Å². The van der Waals surface area contributed by atoms with E-state index in [1.54, 1.807) is 19.1 Å². The van der Waals surface area contributed by atoms with Crippen molar-refractivity contribution in [3.05, 3.63) is 39.7 Å². The first-order valence-electron chi connectivity index (χ1n) is 4.44. The van der Waals surface area contributed by atoms with E-state index in [1.165, 1.54) is 6.07 Å². The normalized spacial score (nSPS) is 10.8. The fourth-order valence-corrected chi connectivity index (χ4v) is 1.69. The van der Waals surface area contributed by atoms with Crippen molar-refractivity contribution >= 4 is 22.6 Å². The lowest BCUT2D eigenvalue weighted by atomic mass is 10.1. The first-order valence-corrected chi connectivity index (χ1v) is 4.97. The summed E-state index contributed by atoms with van der Waals surface area (Å²) in [7, 11) is 0. The minimum atomic E-state index is -0.428. The number of rotatable bonds is 1. The summed E-state index contributed by atoms with van der Waals surface area (Å²) in [5, 5.41) is 10.2. The number of hydrogen-bond donors (Lipinski definition) is 1. The van der Waals surface area contributed by atoms with Crippen LogP contribution in [0.5, 0.6) is 5.75 Å². The first kappa shape index (κ1) is 10.1. The molecule has 1 N–H and O–H groups in total. The highest BCUT2D eigenvalue weighted by Gasteiger charge is 2.07. The SMILES string of the molecule is Cc1cc2oc(=O)cc(CCl)c2cc1O. The third kappa shape index (κ3) is 1.70. The predicted octanol–water partition coefficient (Wildman–Crippen LogP) is 2.55. The second kappa shape index (κ2) is 3.59. The van der Waals surface area contributed by atoms with Crippen LogP contribution in [0, 0.1) is 6.92 Å². The van der Waals surface area contributed by atoms with Crippen molar-refractivity contribution in [2.24, 2.45) is 0 Å².